The summed E-state index contributed by atoms with van der Waals surface area (Å²) in [5.41, 5.74) is 2.70. The van der Waals surface area contributed by atoms with Crippen LogP contribution < -0.4 is 0 Å². The maximum Gasteiger partial charge on any atom is -0.0141 e. The summed E-state index contributed by atoms with van der Waals surface area (Å²) in [7, 11) is 0. The van der Waals surface area contributed by atoms with Gasteiger partial charge in [-0.25, -0.2) is 0 Å². The van der Waals surface area contributed by atoms with Crippen LogP contribution in [0.15, 0.2) is 0 Å². The lowest BCUT2D eigenvalue weighted by molar-refractivity contribution is -0.515. The van der Waals surface area contributed by atoms with Crippen LogP contribution in [0.1, 0.15) is 89.5 Å². The molecule has 2 fully saturated rings. The summed E-state index contributed by atoms with van der Waals surface area (Å²) in [6.45, 7) is 30.3. The number of hydrogen-bond donors (Lipinski definition) is 0. The molecule has 0 heterocycles. The molecule has 0 spiro atoms. The van der Waals surface area contributed by atoms with Gasteiger partial charge in [-0.15, -0.1) is 0 Å². The van der Waals surface area contributed by atoms with Crippen molar-refractivity contribution in [1.82, 2.24) is 0 Å². The normalized spacial score (nSPS) is 48.0. The summed E-state index contributed by atoms with van der Waals surface area (Å²) < 4.78 is 0. The van der Waals surface area contributed by atoms with E-state index in [0.29, 0.717) is 37.9 Å². The maximum absolute atomic E-state index is 2.60. The van der Waals surface area contributed by atoms with E-state index < -0.39 is 0 Å². The molecule has 2 saturated carbocycles. The SMILES string of the molecule is CCC(C)(C)C1(C)C(C)(C)C2(C)C(C)(C)C(C)(C)C12C. The van der Waals surface area contributed by atoms with Crippen LogP contribution in [0.3, 0.4) is 0 Å². The van der Waals surface area contributed by atoms with Crippen LogP contribution in [0.2, 0.25) is 0 Å². The molecule has 2 aliphatic carbocycles. The predicted octanol–water partition coefficient (Wildman–Crippen LogP) is 6.55. The Morgan fingerprint density at radius 3 is 1.30 bits per heavy atom. The third-order valence-electron chi connectivity index (χ3n) is 10.8. The molecule has 2 aliphatic rings. The lowest BCUT2D eigenvalue weighted by Crippen LogP contribution is -2.94. The Morgan fingerprint density at radius 1 is 0.600 bits per heavy atom. The van der Waals surface area contributed by atoms with Crippen molar-refractivity contribution in [1.29, 1.82) is 0 Å². The second-order valence-electron chi connectivity index (χ2n) is 10.5. The molecule has 0 bridgehead atoms. The molecule has 0 nitrogen and oxygen atoms in total. The van der Waals surface area contributed by atoms with Crippen LogP contribution in [-0.4, -0.2) is 0 Å². The Hall–Kier alpha value is 0. The van der Waals surface area contributed by atoms with Crippen molar-refractivity contribution in [2.75, 3.05) is 0 Å². The van der Waals surface area contributed by atoms with E-state index in [9.17, 15) is 0 Å². The second-order valence-corrected chi connectivity index (χ2v) is 10.5. The highest BCUT2D eigenvalue weighted by molar-refractivity contribution is 5.41. The first-order valence-electron chi connectivity index (χ1n) is 8.56. The Labute approximate surface area is 128 Å². The zero-order chi connectivity index (χ0) is 16.2. The third-order valence-corrected chi connectivity index (χ3v) is 10.8. The molecule has 0 saturated heterocycles. The number of fused-ring (bicyclic) bond motifs is 1. The van der Waals surface area contributed by atoms with Crippen LogP contribution in [0.25, 0.3) is 0 Å². The molecule has 0 aromatic heterocycles. The van der Waals surface area contributed by atoms with Gasteiger partial charge in [0.05, 0.1) is 0 Å². The average Bonchev–Trinajstić information content (AvgIpc) is 2.33. The lowest BCUT2D eigenvalue weighted by atomic mass is 9.05. The molecular weight excluding hydrogens is 240 g/mol. The van der Waals surface area contributed by atoms with Crippen LogP contribution in [0, 0.1) is 37.9 Å². The summed E-state index contributed by atoms with van der Waals surface area (Å²) in [5.74, 6) is 0. The fraction of sp³-hybridized carbons (Fsp3) is 1.00. The monoisotopic (exact) mass is 278 g/mol. The zero-order valence-corrected chi connectivity index (χ0v) is 16.2. The van der Waals surface area contributed by atoms with Gasteiger partial charge in [-0.05, 0) is 37.9 Å². The fourth-order valence-electron chi connectivity index (χ4n) is 7.91. The topological polar surface area (TPSA) is 0 Å². The molecule has 0 heteroatoms. The fourth-order valence-corrected chi connectivity index (χ4v) is 7.91. The van der Waals surface area contributed by atoms with Gasteiger partial charge >= 0.3 is 0 Å². The first kappa shape index (κ1) is 16.4. The van der Waals surface area contributed by atoms with Crippen LogP contribution in [-0.2, 0) is 0 Å². The van der Waals surface area contributed by atoms with Crippen LogP contribution in [0.4, 0.5) is 0 Å². The number of rotatable bonds is 2. The van der Waals surface area contributed by atoms with Gasteiger partial charge in [0, 0.05) is 0 Å². The molecule has 0 N–H and O–H groups in total. The molecule has 3 atom stereocenters. The quantitative estimate of drug-likeness (QED) is 0.537. The summed E-state index contributed by atoms with van der Waals surface area (Å²) >= 11 is 0. The van der Waals surface area contributed by atoms with Gasteiger partial charge in [0.2, 0.25) is 0 Å². The van der Waals surface area contributed by atoms with Crippen molar-refractivity contribution in [3.63, 3.8) is 0 Å². The van der Waals surface area contributed by atoms with Gasteiger partial charge < -0.3 is 0 Å². The Balaban J connectivity index is 2.73. The van der Waals surface area contributed by atoms with Gasteiger partial charge in [0.25, 0.3) is 0 Å². The molecule has 0 amide bonds. The molecule has 0 radical (unpaired) electrons. The van der Waals surface area contributed by atoms with E-state index in [2.05, 4.69) is 83.1 Å². The van der Waals surface area contributed by atoms with Crippen molar-refractivity contribution in [2.24, 2.45) is 37.9 Å². The van der Waals surface area contributed by atoms with E-state index in [1.165, 1.54) is 6.42 Å². The van der Waals surface area contributed by atoms with Gasteiger partial charge in [-0.3, -0.25) is 0 Å². The van der Waals surface area contributed by atoms with Crippen molar-refractivity contribution >= 4 is 0 Å². The van der Waals surface area contributed by atoms with Crippen LogP contribution in [0.5, 0.6) is 0 Å². The molecule has 20 heavy (non-hydrogen) atoms. The zero-order valence-electron chi connectivity index (χ0n) is 16.2. The Morgan fingerprint density at radius 2 is 0.950 bits per heavy atom. The summed E-state index contributed by atoms with van der Waals surface area (Å²) in [6.07, 6.45) is 1.26. The van der Waals surface area contributed by atoms with E-state index in [1.54, 1.807) is 0 Å². The predicted molar refractivity (Wildman–Crippen MR) is 89.7 cm³/mol. The lowest BCUT2D eigenvalue weighted by Gasteiger charge is -2.98. The molecule has 0 aromatic carbocycles. The van der Waals surface area contributed by atoms with E-state index in [-0.39, 0.29) is 0 Å². The summed E-state index contributed by atoms with van der Waals surface area (Å²) in [4.78, 5) is 0. The highest BCUT2D eigenvalue weighted by atomic mass is 15.0. The molecule has 0 aromatic rings. The van der Waals surface area contributed by atoms with E-state index in [4.69, 9.17) is 0 Å². The molecule has 3 unspecified atom stereocenters. The average molecular weight is 279 g/mol. The Kier molecular flexibility index (Phi) is 2.73. The van der Waals surface area contributed by atoms with Crippen molar-refractivity contribution in [3.05, 3.63) is 0 Å². The minimum absolute atomic E-state index is 0.368. The van der Waals surface area contributed by atoms with E-state index >= 15 is 0 Å². The van der Waals surface area contributed by atoms with Gasteiger partial charge in [0.1, 0.15) is 0 Å². The summed E-state index contributed by atoms with van der Waals surface area (Å²) in [6, 6.07) is 0. The standard InChI is InChI=1S/C20H38/c1-13-14(2,3)18(10)17(8,9)19(11)15(4,5)16(6,7)20(18,19)12/h13H2,1-12H3. The van der Waals surface area contributed by atoms with E-state index in [0.717, 1.165) is 0 Å². The largest absolute Gasteiger partial charge is 0.0649 e. The minimum Gasteiger partial charge on any atom is -0.0649 e. The highest BCUT2D eigenvalue weighted by Gasteiger charge is 2.94. The van der Waals surface area contributed by atoms with Gasteiger partial charge in [0.15, 0.2) is 0 Å². The Bertz CT molecular complexity index is 451. The van der Waals surface area contributed by atoms with Gasteiger partial charge in [-0.1, -0.05) is 89.5 Å². The minimum atomic E-state index is 0.368. The molecule has 118 valence electrons. The highest BCUT2D eigenvalue weighted by Crippen LogP contribution is 2.99. The first-order valence-corrected chi connectivity index (χ1v) is 8.56. The third kappa shape index (κ3) is 0.925. The first-order chi connectivity index (χ1) is 8.56. The molecule has 2 rings (SSSR count). The van der Waals surface area contributed by atoms with Crippen molar-refractivity contribution in [3.8, 4) is 0 Å². The maximum atomic E-state index is 2.60. The smallest absolute Gasteiger partial charge is 0.0141 e. The molecular formula is C20H38. The van der Waals surface area contributed by atoms with Crippen molar-refractivity contribution < 1.29 is 0 Å². The van der Waals surface area contributed by atoms with Gasteiger partial charge in [-0.2, -0.15) is 0 Å². The van der Waals surface area contributed by atoms with Crippen molar-refractivity contribution in [2.45, 2.75) is 89.5 Å². The number of hydrogen-bond acceptors (Lipinski definition) is 0. The second kappa shape index (κ2) is 3.33. The summed E-state index contributed by atoms with van der Waals surface area (Å²) in [5, 5.41) is 0. The van der Waals surface area contributed by atoms with Crippen LogP contribution >= 0.6 is 0 Å². The molecule has 0 aliphatic heterocycles. The van der Waals surface area contributed by atoms with E-state index in [1.807, 2.05) is 0 Å².